The molecule has 2 heterocycles. The van der Waals surface area contributed by atoms with Crippen molar-refractivity contribution in [1.29, 1.82) is 0 Å². The molecule has 0 amide bonds. The van der Waals surface area contributed by atoms with E-state index in [0.717, 1.165) is 19.3 Å². The first-order valence-electron chi connectivity index (χ1n) is 7.93. The molecule has 128 valence electrons. The first kappa shape index (κ1) is 15.3. The van der Waals surface area contributed by atoms with Crippen molar-refractivity contribution in [2.45, 2.75) is 37.0 Å². The van der Waals surface area contributed by atoms with Gasteiger partial charge in [0, 0.05) is 18.4 Å². The number of fused-ring (bicyclic) bond motifs is 1. The summed E-state index contributed by atoms with van der Waals surface area (Å²) in [6.07, 6.45) is 2.75. The Bertz CT molecular complexity index is 871. The number of anilines is 1. The zero-order valence-electron chi connectivity index (χ0n) is 13.2. The smallest absolute Gasteiger partial charge is 0.262 e. The molecule has 2 aromatic rings. The number of sulfonamides is 1. The van der Waals surface area contributed by atoms with E-state index in [4.69, 9.17) is 14.0 Å². The van der Waals surface area contributed by atoms with Crippen LogP contribution in [0.5, 0.6) is 11.5 Å². The number of nitrogens with one attached hydrogen (secondary N) is 1. The highest BCUT2D eigenvalue weighted by Crippen LogP contribution is 2.45. The van der Waals surface area contributed by atoms with Crippen molar-refractivity contribution in [3.8, 4) is 11.5 Å². The average molecular weight is 350 g/mol. The van der Waals surface area contributed by atoms with Gasteiger partial charge in [0.15, 0.2) is 17.3 Å². The lowest BCUT2D eigenvalue weighted by Gasteiger charge is -2.11. The fraction of sp³-hybridized carbons (Fsp3) is 0.438. The molecule has 1 fully saturated rings. The van der Waals surface area contributed by atoms with E-state index < -0.39 is 10.0 Å². The summed E-state index contributed by atoms with van der Waals surface area (Å²) in [5.74, 6) is 1.88. The van der Waals surface area contributed by atoms with Gasteiger partial charge < -0.3 is 14.0 Å². The number of rotatable bonds is 4. The topological polar surface area (TPSA) is 90.7 Å². The molecule has 1 N–H and O–H groups in total. The second-order valence-corrected chi connectivity index (χ2v) is 7.73. The third-order valence-electron chi connectivity index (χ3n) is 4.10. The number of aryl methyl sites for hydroxylation is 1. The molecule has 0 bridgehead atoms. The van der Waals surface area contributed by atoms with Crippen molar-refractivity contribution in [3.05, 3.63) is 29.7 Å². The molecule has 0 spiro atoms. The summed E-state index contributed by atoms with van der Waals surface area (Å²) in [4.78, 5) is 0.120. The Labute approximate surface area is 140 Å². The van der Waals surface area contributed by atoms with E-state index in [1.165, 1.54) is 12.1 Å². The first-order chi connectivity index (χ1) is 11.5. The summed E-state index contributed by atoms with van der Waals surface area (Å²) in [6.45, 7) is 2.78. The van der Waals surface area contributed by atoms with Crippen LogP contribution in [0.15, 0.2) is 27.6 Å². The number of benzene rings is 1. The summed E-state index contributed by atoms with van der Waals surface area (Å²) >= 11 is 0. The van der Waals surface area contributed by atoms with Crippen molar-refractivity contribution in [2.75, 3.05) is 17.9 Å². The fourth-order valence-electron chi connectivity index (χ4n) is 2.64. The highest BCUT2D eigenvalue weighted by Gasteiger charge is 2.33. The van der Waals surface area contributed by atoms with Gasteiger partial charge >= 0.3 is 0 Å². The lowest BCUT2D eigenvalue weighted by Crippen LogP contribution is -2.14. The molecule has 2 aliphatic rings. The molecular weight excluding hydrogens is 332 g/mol. The van der Waals surface area contributed by atoms with Gasteiger partial charge in [-0.1, -0.05) is 5.16 Å². The molecule has 0 atom stereocenters. The molecule has 0 radical (unpaired) electrons. The van der Waals surface area contributed by atoms with Gasteiger partial charge in [-0.15, -0.1) is 0 Å². The second-order valence-electron chi connectivity index (χ2n) is 6.05. The van der Waals surface area contributed by atoms with E-state index in [-0.39, 0.29) is 10.8 Å². The van der Waals surface area contributed by atoms with E-state index in [1.54, 1.807) is 13.0 Å². The Balaban J connectivity index is 1.66. The normalized spacial score (nSPS) is 17.4. The Morgan fingerprint density at radius 2 is 1.92 bits per heavy atom. The van der Waals surface area contributed by atoms with Crippen molar-refractivity contribution in [3.63, 3.8) is 0 Å². The van der Waals surface area contributed by atoms with Crippen LogP contribution in [0.25, 0.3) is 0 Å². The van der Waals surface area contributed by atoms with Crippen LogP contribution < -0.4 is 14.2 Å². The van der Waals surface area contributed by atoms with Crippen LogP contribution in [0.4, 0.5) is 5.69 Å². The first-order valence-corrected chi connectivity index (χ1v) is 9.41. The molecule has 0 saturated heterocycles. The Hall–Kier alpha value is -2.22. The maximum atomic E-state index is 12.7. The monoisotopic (exact) mass is 350 g/mol. The minimum Gasteiger partial charge on any atom is -0.490 e. The standard InChI is InChI=1S/C16H18N2O5S/c1-10-15(16(23-17-10)11-3-4-11)18-24(19,20)12-5-6-13-14(9-12)22-8-2-7-21-13/h5-6,9,11,18H,2-4,7-8H2,1H3. The lowest BCUT2D eigenvalue weighted by atomic mass is 10.2. The van der Waals surface area contributed by atoms with Crippen molar-refractivity contribution >= 4 is 15.7 Å². The van der Waals surface area contributed by atoms with E-state index in [9.17, 15) is 8.42 Å². The zero-order chi connectivity index (χ0) is 16.7. The van der Waals surface area contributed by atoms with Gasteiger partial charge in [0.2, 0.25) is 0 Å². The Morgan fingerprint density at radius 3 is 2.67 bits per heavy atom. The molecule has 1 saturated carbocycles. The van der Waals surface area contributed by atoms with E-state index in [0.29, 0.717) is 41.9 Å². The van der Waals surface area contributed by atoms with Crippen LogP contribution >= 0.6 is 0 Å². The summed E-state index contributed by atoms with van der Waals surface area (Å²) in [5.41, 5.74) is 0.986. The number of nitrogens with zero attached hydrogens (tertiary/aromatic N) is 1. The number of aromatic nitrogens is 1. The van der Waals surface area contributed by atoms with Crippen molar-refractivity contribution in [1.82, 2.24) is 5.16 Å². The summed E-state index contributed by atoms with van der Waals surface area (Å²) in [6, 6.07) is 4.62. The van der Waals surface area contributed by atoms with Crippen molar-refractivity contribution in [2.24, 2.45) is 0 Å². The van der Waals surface area contributed by atoms with Crippen LogP contribution in [0.3, 0.4) is 0 Å². The van der Waals surface area contributed by atoms with Gasteiger partial charge in [0.25, 0.3) is 10.0 Å². The van der Waals surface area contributed by atoms with Gasteiger partial charge in [0.05, 0.1) is 18.1 Å². The molecule has 24 heavy (non-hydrogen) atoms. The largest absolute Gasteiger partial charge is 0.490 e. The molecule has 8 heteroatoms. The highest BCUT2D eigenvalue weighted by molar-refractivity contribution is 7.92. The zero-order valence-corrected chi connectivity index (χ0v) is 14.1. The summed E-state index contributed by atoms with van der Waals surface area (Å²) < 4.78 is 44.5. The van der Waals surface area contributed by atoms with E-state index >= 15 is 0 Å². The van der Waals surface area contributed by atoms with Gasteiger partial charge in [0.1, 0.15) is 11.4 Å². The third-order valence-corrected chi connectivity index (χ3v) is 5.45. The van der Waals surface area contributed by atoms with Gasteiger partial charge in [-0.3, -0.25) is 4.72 Å². The quantitative estimate of drug-likeness (QED) is 0.912. The second kappa shape index (κ2) is 5.70. The predicted molar refractivity (Wildman–Crippen MR) is 86.1 cm³/mol. The average Bonchev–Trinajstić information content (AvgIpc) is 3.36. The summed E-state index contributed by atoms with van der Waals surface area (Å²) in [7, 11) is -3.76. The SMILES string of the molecule is Cc1noc(C2CC2)c1NS(=O)(=O)c1ccc2c(c1)OCCCO2. The molecule has 7 nitrogen and oxygen atoms in total. The summed E-state index contributed by atoms with van der Waals surface area (Å²) in [5, 5.41) is 3.89. The van der Waals surface area contributed by atoms with E-state index in [1.807, 2.05) is 0 Å². The van der Waals surface area contributed by atoms with Crippen LogP contribution in [0.1, 0.15) is 36.6 Å². The minimum absolute atomic E-state index is 0.120. The molecule has 4 rings (SSSR count). The van der Waals surface area contributed by atoms with Crippen LogP contribution in [0, 0.1) is 6.92 Å². The Morgan fingerprint density at radius 1 is 1.17 bits per heavy atom. The third kappa shape index (κ3) is 2.82. The number of hydrogen-bond donors (Lipinski definition) is 1. The van der Waals surface area contributed by atoms with Crippen LogP contribution in [0.2, 0.25) is 0 Å². The van der Waals surface area contributed by atoms with Crippen molar-refractivity contribution < 1.29 is 22.4 Å². The molecule has 1 aliphatic carbocycles. The van der Waals surface area contributed by atoms with Gasteiger partial charge in [-0.05, 0) is 31.9 Å². The maximum Gasteiger partial charge on any atom is 0.262 e. The van der Waals surface area contributed by atoms with Gasteiger partial charge in [-0.25, -0.2) is 8.42 Å². The minimum atomic E-state index is -3.76. The van der Waals surface area contributed by atoms with Crippen LogP contribution in [-0.4, -0.2) is 26.8 Å². The highest BCUT2D eigenvalue weighted by atomic mass is 32.2. The Kier molecular flexibility index (Phi) is 3.64. The number of hydrogen-bond acceptors (Lipinski definition) is 6. The predicted octanol–water partition coefficient (Wildman–Crippen LogP) is 2.82. The number of ether oxygens (including phenoxy) is 2. The fourth-order valence-corrected chi connectivity index (χ4v) is 3.78. The maximum absolute atomic E-state index is 12.7. The molecule has 0 unspecified atom stereocenters. The molecule has 1 aromatic heterocycles. The molecular formula is C16H18N2O5S. The molecule has 1 aliphatic heterocycles. The van der Waals surface area contributed by atoms with Crippen LogP contribution in [-0.2, 0) is 10.0 Å². The lowest BCUT2D eigenvalue weighted by molar-refractivity contribution is 0.297. The molecule has 1 aromatic carbocycles. The van der Waals surface area contributed by atoms with Gasteiger partial charge in [-0.2, -0.15) is 0 Å². The van der Waals surface area contributed by atoms with E-state index in [2.05, 4.69) is 9.88 Å².